The van der Waals surface area contributed by atoms with E-state index in [9.17, 15) is 9.59 Å². The summed E-state index contributed by atoms with van der Waals surface area (Å²) in [6.07, 6.45) is 15.7. The molecule has 43 heavy (non-hydrogen) atoms. The number of nitrogens with zero attached hydrogens (tertiary/aromatic N) is 1. The first-order chi connectivity index (χ1) is 20.6. The smallest absolute Gasteiger partial charge is 0.229 e. The number of hydrogen-bond acceptors (Lipinski definition) is 5. The average molecular weight is 592 g/mol. The fraction of sp³-hybridized carbons (Fsp3) is 0.806. The first-order valence-corrected chi connectivity index (χ1v) is 17.4. The molecule has 7 rings (SSSR count). The Kier molecular flexibility index (Phi) is 7.68. The summed E-state index contributed by atoms with van der Waals surface area (Å²) in [4.78, 5) is 29.3. The summed E-state index contributed by atoms with van der Waals surface area (Å²) < 4.78 is 13.5. The molecule has 236 valence electrons. The highest BCUT2D eigenvalue weighted by Crippen LogP contribution is 2.71. The predicted octanol–water partition coefficient (Wildman–Crippen LogP) is 6.02. The second kappa shape index (κ2) is 11.1. The van der Waals surface area contributed by atoms with Crippen LogP contribution in [0.1, 0.15) is 104 Å². The van der Waals surface area contributed by atoms with Crippen molar-refractivity contribution in [3.63, 3.8) is 0 Å². The van der Waals surface area contributed by atoms with Crippen LogP contribution in [-0.4, -0.2) is 41.3 Å². The molecular weight excluding hydrogens is 538 g/mol. The number of fused-ring (bicyclic) bond motifs is 7. The van der Waals surface area contributed by atoms with E-state index in [2.05, 4.69) is 43.3 Å². The van der Waals surface area contributed by atoms with E-state index in [1.54, 1.807) is 12.4 Å². The van der Waals surface area contributed by atoms with Crippen LogP contribution in [0.2, 0.25) is 0 Å². The van der Waals surface area contributed by atoms with Crippen molar-refractivity contribution < 1.29 is 19.1 Å². The molecule has 2 amide bonds. The lowest BCUT2D eigenvalue weighted by Crippen LogP contribution is -2.56. The Bertz CT molecular complexity index is 1200. The number of carbonyl (C=O) groups excluding carboxylic acids is 2. The van der Waals surface area contributed by atoms with E-state index in [4.69, 9.17) is 9.47 Å². The van der Waals surface area contributed by atoms with Gasteiger partial charge in [0.1, 0.15) is 6.42 Å². The van der Waals surface area contributed by atoms with Crippen LogP contribution in [0.4, 0.5) is 0 Å². The summed E-state index contributed by atoms with van der Waals surface area (Å²) in [6, 6.07) is 3.94. The van der Waals surface area contributed by atoms with Crippen molar-refractivity contribution in [2.45, 2.75) is 123 Å². The Balaban J connectivity index is 0.952. The van der Waals surface area contributed by atoms with E-state index in [0.717, 1.165) is 49.2 Å². The van der Waals surface area contributed by atoms with Gasteiger partial charge < -0.3 is 20.1 Å². The molecule has 12 atom stereocenters. The van der Waals surface area contributed by atoms with Crippen LogP contribution >= 0.6 is 0 Å². The van der Waals surface area contributed by atoms with Crippen LogP contribution in [0.5, 0.6) is 0 Å². The first kappa shape index (κ1) is 29.7. The number of aromatic nitrogens is 1. The number of rotatable bonds is 5. The molecule has 0 aromatic carbocycles. The summed E-state index contributed by atoms with van der Waals surface area (Å²) in [5.41, 5.74) is 1.63. The van der Waals surface area contributed by atoms with Crippen LogP contribution in [0.15, 0.2) is 24.5 Å². The second-order valence-corrected chi connectivity index (χ2v) is 16.0. The Morgan fingerprint density at radius 3 is 2.58 bits per heavy atom. The fourth-order valence-corrected chi connectivity index (χ4v) is 11.6. The van der Waals surface area contributed by atoms with Gasteiger partial charge in [0.2, 0.25) is 11.8 Å². The third kappa shape index (κ3) is 5.05. The largest absolute Gasteiger partial charge is 0.353 e. The number of nitrogens with one attached hydrogen (secondary N) is 2. The van der Waals surface area contributed by atoms with Crippen molar-refractivity contribution in [3.05, 3.63) is 30.1 Å². The summed E-state index contributed by atoms with van der Waals surface area (Å²) in [5, 5.41) is 6.09. The van der Waals surface area contributed by atoms with Gasteiger partial charge in [-0.2, -0.15) is 0 Å². The maximum Gasteiger partial charge on any atom is 0.229 e. The van der Waals surface area contributed by atoms with Crippen molar-refractivity contribution in [2.24, 2.45) is 52.3 Å². The van der Waals surface area contributed by atoms with Crippen LogP contribution < -0.4 is 10.6 Å². The lowest BCUT2D eigenvalue weighted by Gasteiger charge is -2.61. The number of ether oxygens (including phenoxy) is 2. The summed E-state index contributed by atoms with van der Waals surface area (Å²) in [6.45, 7) is 11.2. The molecule has 4 saturated carbocycles. The second-order valence-electron chi connectivity index (χ2n) is 16.0. The summed E-state index contributed by atoms with van der Waals surface area (Å²) in [7, 11) is 0. The maximum absolute atomic E-state index is 12.8. The molecule has 1 spiro atoms. The van der Waals surface area contributed by atoms with Crippen molar-refractivity contribution in [1.82, 2.24) is 15.6 Å². The Labute approximate surface area is 258 Å². The van der Waals surface area contributed by atoms with Crippen molar-refractivity contribution in [2.75, 3.05) is 6.61 Å². The fourth-order valence-electron chi connectivity index (χ4n) is 11.6. The molecule has 2 aliphatic heterocycles. The van der Waals surface area contributed by atoms with Gasteiger partial charge in [-0.05, 0) is 116 Å². The van der Waals surface area contributed by atoms with Gasteiger partial charge in [-0.1, -0.05) is 33.8 Å². The van der Waals surface area contributed by atoms with E-state index in [0.29, 0.717) is 47.2 Å². The van der Waals surface area contributed by atoms with Crippen LogP contribution in [0.3, 0.4) is 0 Å². The van der Waals surface area contributed by atoms with Crippen molar-refractivity contribution >= 4 is 11.8 Å². The zero-order valence-corrected chi connectivity index (χ0v) is 26.8. The van der Waals surface area contributed by atoms with Gasteiger partial charge in [0.25, 0.3) is 0 Å². The van der Waals surface area contributed by atoms with Crippen LogP contribution in [0, 0.1) is 52.3 Å². The third-order valence-corrected chi connectivity index (χ3v) is 13.8. The predicted molar refractivity (Wildman–Crippen MR) is 164 cm³/mol. The molecule has 2 N–H and O–H groups in total. The molecule has 7 nitrogen and oxygen atoms in total. The monoisotopic (exact) mass is 591 g/mol. The maximum atomic E-state index is 12.8. The number of amides is 2. The standard InChI is InChI=1S/C36H53N3O4/c1-22-9-14-36(42-21-22)23(2)33-30(43-36)17-29-27-8-7-25-16-26(10-12-34(25,3)28(27)11-13-35(29,33)4)39-32(41)18-31(40)38-20-24-6-5-15-37-19-24/h5-6,15,19,22-23,25-30,33H,7-14,16-18,20-21H2,1-4H3,(H,38,40)(H,39,41)/t22-,23-,25+,26?,27+,28-,29-,30-,33-,34-,35-,36+/m0/s1. The molecule has 1 aromatic heterocycles. The highest BCUT2D eigenvalue weighted by atomic mass is 16.7. The van der Waals surface area contributed by atoms with Gasteiger partial charge in [-0.25, -0.2) is 0 Å². The summed E-state index contributed by atoms with van der Waals surface area (Å²) in [5.74, 6) is 3.97. The van der Waals surface area contributed by atoms with Gasteiger partial charge in [0.15, 0.2) is 5.79 Å². The van der Waals surface area contributed by atoms with E-state index < -0.39 is 0 Å². The normalized spacial score (nSPS) is 46.7. The number of carbonyl (C=O) groups is 2. The van der Waals surface area contributed by atoms with E-state index in [1.165, 1.54) is 44.9 Å². The molecule has 6 aliphatic rings. The van der Waals surface area contributed by atoms with Gasteiger partial charge in [-0.15, -0.1) is 0 Å². The van der Waals surface area contributed by atoms with Gasteiger partial charge >= 0.3 is 0 Å². The van der Waals surface area contributed by atoms with Gasteiger partial charge in [-0.3, -0.25) is 14.6 Å². The molecule has 0 bridgehead atoms. The topological polar surface area (TPSA) is 89.5 Å². The molecule has 7 heteroatoms. The minimum atomic E-state index is -0.334. The SMILES string of the molecule is C[C@H]1CC[C@@]2(OC1)O[C@H]1C[C@H]3[C@@H]4CC[C@@H]5CC(NC(=O)CC(=O)NCc6cccnc6)CC[C@]5(C)[C@H]4CC[C@]3(C)[C@H]1[C@@H]2C. The Hall–Kier alpha value is -1.99. The minimum absolute atomic E-state index is 0.113. The minimum Gasteiger partial charge on any atom is -0.353 e. The summed E-state index contributed by atoms with van der Waals surface area (Å²) >= 11 is 0. The Morgan fingerprint density at radius 1 is 0.977 bits per heavy atom. The number of hydrogen-bond donors (Lipinski definition) is 2. The highest BCUT2D eigenvalue weighted by Gasteiger charge is 2.69. The molecule has 1 unspecified atom stereocenters. The van der Waals surface area contributed by atoms with Crippen molar-refractivity contribution in [3.8, 4) is 0 Å². The molecule has 3 heterocycles. The zero-order valence-electron chi connectivity index (χ0n) is 26.8. The molecule has 4 aliphatic carbocycles. The highest BCUT2D eigenvalue weighted by molar-refractivity contribution is 5.96. The molecule has 6 fully saturated rings. The third-order valence-electron chi connectivity index (χ3n) is 13.8. The zero-order chi connectivity index (χ0) is 30.0. The van der Waals surface area contributed by atoms with E-state index in [-0.39, 0.29) is 30.1 Å². The van der Waals surface area contributed by atoms with Crippen LogP contribution in [0.25, 0.3) is 0 Å². The molecule has 2 saturated heterocycles. The van der Waals surface area contributed by atoms with E-state index in [1.807, 2.05) is 12.1 Å². The Morgan fingerprint density at radius 2 is 1.81 bits per heavy atom. The van der Waals surface area contributed by atoms with Gasteiger partial charge in [0.05, 0.1) is 12.7 Å². The van der Waals surface area contributed by atoms with Crippen LogP contribution in [-0.2, 0) is 25.6 Å². The van der Waals surface area contributed by atoms with E-state index >= 15 is 0 Å². The quantitative estimate of drug-likeness (QED) is 0.409. The average Bonchev–Trinajstić information content (AvgIpc) is 3.44. The van der Waals surface area contributed by atoms with Crippen molar-refractivity contribution in [1.29, 1.82) is 0 Å². The molecular formula is C36H53N3O4. The molecule has 0 radical (unpaired) electrons. The molecule has 1 aromatic rings. The lowest BCUT2D eigenvalue weighted by molar-refractivity contribution is -0.273. The van der Waals surface area contributed by atoms with Gasteiger partial charge in [0, 0.05) is 37.3 Å². The number of pyridine rings is 1. The lowest BCUT2D eigenvalue weighted by atomic mass is 9.44. The first-order valence-electron chi connectivity index (χ1n) is 17.4.